The van der Waals surface area contributed by atoms with Crippen molar-refractivity contribution < 1.29 is 36.5 Å². The van der Waals surface area contributed by atoms with E-state index < -0.39 is 27.0 Å². The number of rotatable bonds is 13. The van der Waals surface area contributed by atoms with Crippen LogP contribution < -0.4 is 9.80 Å². The van der Waals surface area contributed by atoms with Crippen LogP contribution in [-0.4, -0.2) is 61.0 Å². The van der Waals surface area contributed by atoms with E-state index in [9.17, 15) is 0 Å². The molecule has 72 heavy (non-hydrogen) atoms. The molecule has 0 aromatic heterocycles. The summed E-state index contributed by atoms with van der Waals surface area (Å²) in [4.78, 5) is 4.81. The van der Waals surface area contributed by atoms with Gasteiger partial charge in [-0.3, -0.25) is 0 Å². The summed E-state index contributed by atoms with van der Waals surface area (Å²) in [6, 6.07) is 25.4. The van der Waals surface area contributed by atoms with E-state index in [1.165, 1.54) is 72.9 Å². The van der Waals surface area contributed by atoms with Crippen molar-refractivity contribution in [2.45, 2.75) is 208 Å². The van der Waals surface area contributed by atoms with E-state index >= 15 is 0 Å². The van der Waals surface area contributed by atoms with E-state index in [-0.39, 0.29) is 7.92 Å². The van der Waals surface area contributed by atoms with Crippen LogP contribution in [-0.2, 0) is 40.3 Å². The first-order chi connectivity index (χ1) is 34.5. The van der Waals surface area contributed by atoms with Gasteiger partial charge in [0.1, 0.15) is 0 Å². The van der Waals surface area contributed by atoms with Crippen molar-refractivity contribution in [2.75, 3.05) is 22.9 Å². The third kappa shape index (κ3) is 20.7. The number of nitrogens with zero attached hydrogens (tertiary/aromatic N) is 2. The second kappa shape index (κ2) is 32.7. The summed E-state index contributed by atoms with van der Waals surface area (Å²) in [5.74, 6) is 0. The van der Waals surface area contributed by atoms with Crippen LogP contribution in [0.25, 0.3) is 0 Å². The third-order valence-electron chi connectivity index (χ3n) is 14.7. The summed E-state index contributed by atoms with van der Waals surface area (Å²) in [5.41, 5.74) is 19.2. The number of hydrogen-bond donors (Lipinski definition) is 0. The predicted molar refractivity (Wildman–Crippen MR) is 318 cm³/mol. The first-order valence-corrected chi connectivity index (χ1v) is 39.8. The van der Waals surface area contributed by atoms with Gasteiger partial charge in [-0.05, 0) is 141 Å². The molecule has 0 spiro atoms. The van der Waals surface area contributed by atoms with Crippen LogP contribution in [0.15, 0.2) is 72.8 Å². The number of hydrogen-bond acceptors (Lipinski definition) is 2. The zero-order valence-corrected chi connectivity index (χ0v) is 53.0. The molecule has 4 aromatic carbocycles. The van der Waals surface area contributed by atoms with E-state index in [4.69, 9.17) is 38.8 Å². The Bertz CT molecular complexity index is 2090. The van der Waals surface area contributed by atoms with E-state index in [0.717, 1.165) is 37.4 Å². The van der Waals surface area contributed by atoms with E-state index in [0.29, 0.717) is 12.2 Å². The Kier molecular flexibility index (Phi) is 28.0. The van der Waals surface area contributed by atoms with Gasteiger partial charge in [0.05, 0.1) is 17.0 Å². The molecule has 3 saturated carbocycles. The maximum absolute atomic E-state index is 5.87. The van der Waals surface area contributed by atoms with Crippen molar-refractivity contribution in [3.05, 3.63) is 135 Å². The minimum Gasteiger partial charge on any atom is -0.502 e. The van der Waals surface area contributed by atoms with Gasteiger partial charge in [-0.25, -0.2) is 0 Å². The van der Waals surface area contributed by atoms with Crippen LogP contribution >= 0.6 is 46.7 Å². The molecule has 4 nitrogen and oxygen atoms in total. The molecule has 0 bridgehead atoms. The molecule has 0 atom stereocenters. The van der Waals surface area contributed by atoms with Gasteiger partial charge in [0.2, 0.25) is 0 Å². The Morgan fingerprint density at radius 3 is 1.11 bits per heavy atom. The molecular weight excluding hydrogens is 1170 g/mol. The van der Waals surface area contributed by atoms with Gasteiger partial charge in [-0.2, -0.15) is 6.67 Å². The molecule has 0 unspecified atom stereocenters. The molecule has 4 fully saturated rings. The predicted octanol–water partition coefficient (Wildman–Crippen LogP) is 17.6. The monoisotopic (exact) mass is 1260 g/mol. The topological polar surface area (TPSA) is 32.1 Å². The van der Waals surface area contributed by atoms with Gasteiger partial charge < -0.3 is 9.80 Å². The van der Waals surface area contributed by atoms with E-state index in [1.807, 2.05) is 45.6 Å². The molecule has 404 valence electrons. The maximum atomic E-state index is 5.87. The fourth-order valence-electron chi connectivity index (χ4n) is 11.7. The molecule has 11 heteroatoms. The summed E-state index contributed by atoms with van der Waals surface area (Å²) in [6.07, 6.45) is 24.5. The Labute approximate surface area is 465 Å². The second-order valence-corrected chi connectivity index (χ2v) is 36.3. The average Bonchev–Trinajstić information content (AvgIpc) is 3.80. The van der Waals surface area contributed by atoms with Gasteiger partial charge >= 0.3 is 208 Å². The number of aryl methyl sites for hydroxylation is 6. The smallest absolute Gasteiger partial charge is 0.0146 e. The van der Waals surface area contributed by atoms with Gasteiger partial charge in [0.15, 0.2) is 0 Å². The molecule has 1 aliphatic heterocycles. The SMILES string of the molecule is C1CCC([PH+](C2CCCCC2)C2CCCCC2)CC1.CC(C)[OH+]Cc1ccccc1[CH]=[Ru]([Cl])[Cl].CC(C)[OH+]Cc1ccccc1[CH]=[Ru]([Cl])[Cl].Cc1cc(C)c(N2[CH-]N(c3c(C)cc(C)cc3C)CC2)c(C)c1. The Morgan fingerprint density at radius 2 is 0.819 bits per heavy atom. The average molecular weight is 1260 g/mol. The molecule has 8 rings (SSSR count). The maximum Gasteiger partial charge on any atom is 0.0146 e. The molecule has 4 aliphatic rings. The fraction of sp³-hybridized carbons (Fsp3) is 0.557. The molecular formula is C61H91Cl4N2O2PRu2+2. The number of aliphatic hydroxyl groups is 4. The Balaban J connectivity index is 0.000000181. The minimum atomic E-state index is -1.74. The first-order valence-electron chi connectivity index (χ1n) is 27.1. The first kappa shape index (κ1) is 61.8. The summed E-state index contributed by atoms with van der Waals surface area (Å²) < 4.78 is 12.9. The summed E-state index contributed by atoms with van der Waals surface area (Å²) in [6.45, 7) is 27.3. The van der Waals surface area contributed by atoms with Crippen molar-refractivity contribution in [3.63, 3.8) is 0 Å². The van der Waals surface area contributed by atoms with E-state index in [1.54, 1.807) is 96.3 Å². The Morgan fingerprint density at radius 1 is 0.514 bits per heavy atom. The van der Waals surface area contributed by atoms with Crippen LogP contribution in [0.2, 0.25) is 0 Å². The van der Waals surface area contributed by atoms with Crippen molar-refractivity contribution in [1.29, 1.82) is 0 Å². The van der Waals surface area contributed by atoms with Crippen LogP contribution in [0.3, 0.4) is 0 Å². The third-order valence-corrected chi connectivity index (χ3v) is 22.9. The number of benzene rings is 4. The fourth-order valence-corrected chi connectivity index (χ4v) is 20.7. The second-order valence-electron chi connectivity index (χ2n) is 21.4. The summed E-state index contributed by atoms with van der Waals surface area (Å²) >= 11 is -3.47. The van der Waals surface area contributed by atoms with Gasteiger partial charge in [-0.15, -0.1) is 0 Å². The van der Waals surface area contributed by atoms with Gasteiger partial charge in [0, 0.05) is 32.4 Å². The van der Waals surface area contributed by atoms with E-state index in [2.05, 4.69) is 132 Å². The molecule has 4 aromatic rings. The minimum absolute atomic E-state index is 0.0465. The molecule has 3 aliphatic carbocycles. The Hall–Kier alpha value is -1.02. The largest absolute Gasteiger partial charge is 0.502 e. The van der Waals surface area contributed by atoms with Crippen LogP contribution in [0.5, 0.6) is 0 Å². The zero-order valence-electron chi connectivity index (χ0n) is 45.5. The van der Waals surface area contributed by atoms with Crippen molar-refractivity contribution >= 4 is 67.3 Å². The molecule has 0 amide bonds. The molecule has 0 radical (unpaired) electrons. The van der Waals surface area contributed by atoms with Crippen LogP contribution in [0.4, 0.5) is 11.4 Å². The van der Waals surface area contributed by atoms with Gasteiger partial charge in [0.25, 0.3) is 0 Å². The molecule has 1 saturated heterocycles. The number of anilines is 2. The number of halogens is 4. The van der Waals surface area contributed by atoms with Crippen molar-refractivity contribution in [3.8, 4) is 0 Å². The molecule has 1 heterocycles. The molecule has 2 N–H and O–H groups in total. The zero-order chi connectivity index (χ0) is 52.2. The standard InChI is InChI=1S/C21H27N2.C18H33P.2C11H14O.4ClH.2Ru/c1-14-9-16(3)20(17(4)10-14)22-7-8-23(13-22)21-18(5)11-15(2)12-19(21)6;1-4-10-16(11-5-1)19(17-12-6-2-7-13-17)18-14-8-3-9-15-18;2*1-9(2)12-8-11-7-5-4-6-10(11)3;;;;;;/h9-13H,7-8H2,1-6H3;16-18H,1-15H2;2*3-7,9H,8H2,1-2H3;4*1H;;/q-1;;;;;;;;2*+2/p-1. The van der Waals surface area contributed by atoms with Crippen LogP contribution in [0, 0.1) is 48.2 Å². The normalized spacial score (nSPS) is 17.2. The van der Waals surface area contributed by atoms with Crippen molar-refractivity contribution in [2.24, 2.45) is 0 Å². The number of ether oxygens (including phenoxy) is 2. The van der Waals surface area contributed by atoms with Gasteiger partial charge in [-0.1, -0.05) is 54.7 Å². The van der Waals surface area contributed by atoms with Crippen molar-refractivity contribution in [1.82, 2.24) is 0 Å². The quantitative estimate of drug-likeness (QED) is 0.0578. The van der Waals surface area contributed by atoms with Crippen LogP contribution in [0.1, 0.15) is 180 Å². The summed E-state index contributed by atoms with van der Waals surface area (Å²) in [5, 5.41) is 0. The summed E-state index contributed by atoms with van der Waals surface area (Å²) in [7, 11) is 23.4.